The Kier molecular flexibility index (Phi) is 6.25. The SMILES string of the molecule is Br.Br.CN1Cc2c(N)cccc2C(c2cccc(O)c2)C1. The first-order chi connectivity index (χ1) is 9.15. The molecule has 2 aromatic rings. The number of fused-ring (bicyclic) bond motifs is 1. The minimum Gasteiger partial charge on any atom is -0.508 e. The maximum Gasteiger partial charge on any atom is 0.115 e. The van der Waals surface area contributed by atoms with Gasteiger partial charge < -0.3 is 15.7 Å². The normalized spacial score (nSPS) is 17.3. The lowest BCUT2D eigenvalue weighted by Gasteiger charge is -2.33. The van der Waals surface area contributed by atoms with Crippen molar-refractivity contribution >= 4 is 39.7 Å². The minimum atomic E-state index is 0. The number of rotatable bonds is 1. The van der Waals surface area contributed by atoms with Crippen LogP contribution in [-0.4, -0.2) is 23.6 Å². The van der Waals surface area contributed by atoms with Crippen molar-refractivity contribution in [2.45, 2.75) is 12.5 Å². The predicted molar refractivity (Wildman–Crippen MR) is 97.8 cm³/mol. The summed E-state index contributed by atoms with van der Waals surface area (Å²) in [4.78, 5) is 2.27. The highest BCUT2D eigenvalue weighted by atomic mass is 79.9. The molecule has 3 nitrogen and oxygen atoms in total. The number of nitrogens with zero attached hydrogens (tertiary/aromatic N) is 1. The van der Waals surface area contributed by atoms with E-state index < -0.39 is 0 Å². The molecule has 2 aromatic carbocycles. The van der Waals surface area contributed by atoms with Gasteiger partial charge in [0.2, 0.25) is 0 Å². The highest BCUT2D eigenvalue weighted by molar-refractivity contribution is 8.93. The van der Waals surface area contributed by atoms with Crippen molar-refractivity contribution in [2.24, 2.45) is 0 Å². The summed E-state index contributed by atoms with van der Waals surface area (Å²) in [7, 11) is 2.10. The summed E-state index contributed by atoms with van der Waals surface area (Å²) < 4.78 is 0. The second-order valence-electron chi connectivity index (χ2n) is 5.26. The summed E-state index contributed by atoms with van der Waals surface area (Å²) in [6, 6.07) is 13.6. The maximum atomic E-state index is 9.67. The van der Waals surface area contributed by atoms with Gasteiger partial charge in [-0.1, -0.05) is 24.3 Å². The lowest BCUT2D eigenvalue weighted by molar-refractivity contribution is 0.295. The molecule has 0 aromatic heterocycles. The molecule has 0 saturated heterocycles. The fourth-order valence-electron chi connectivity index (χ4n) is 2.90. The minimum absolute atomic E-state index is 0. The van der Waals surface area contributed by atoms with Crippen LogP contribution < -0.4 is 5.73 Å². The standard InChI is InChI=1S/C16H18N2O.2BrH/c1-18-9-14(11-4-2-5-12(19)8-11)13-6-3-7-16(17)15(13)10-18;;/h2-8,14,19H,9-10,17H2,1H3;2*1H. The van der Waals surface area contributed by atoms with Crippen molar-refractivity contribution in [3.8, 4) is 5.75 Å². The quantitative estimate of drug-likeness (QED) is 0.698. The Hall–Kier alpha value is -1.04. The van der Waals surface area contributed by atoms with Crippen LogP contribution in [0.4, 0.5) is 5.69 Å². The molecule has 0 bridgehead atoms. The molecule has 5 heteroatoms. The number of likely N-dealkylation sites (N-methyl/N-ethyl adjacent to an activating group) is 1. The number of benzene rings is 2. The molecule has 114 valence electrons. The third-order valence-corrected chi connectivity index (χ3v) is 3.82. The molecule has 0 radical (unpaired) electrons. The van der Waals surface area contributed by atoms with E-state index in [1.165, 1.54) is 11.1 Å². The van der Waals surface area contributed by atoms with E-state index in [0.29, 0.717) is 5.75 Å². The molecule has 3 rings (SSSR count). The Morgan fingerprint density at radius 2 is 1.86 bits per heavy atom. The molecule has 3 N–H and O–H groups in total. The van der Waals surface area contributed by atoms with E-state index in [1.807, 2.05) is 24.3 Å². The number of phenols is 1. The lowest BCUT2D eigenvalue weighted by Crippen LogP contribution is -2.31. The summed E-state index contributed by atoms with van der Waals surface area (Å²) in [5, 5.41) is 9.67. The highest BCUT2D eigenvalue weighted by Crippen LogP contribution is 2.36. The first-order valence-corrected chi connectivity index (χ1v) is 6.50. The zero-order chi connectivity index (χ0) is 13.4. The molecular formula is C16H20Br2N2O. The fraction of sp³-hybridized carbons (Fsp3) is 0.250. The predicted octanol–water partition coefficient (Wildman–Crippen LogP) is 3.71. The Balaban J connectivity index is 0.00000110. The molecule has 1 atom stereocenters. The van der Waals surface area contributed by atoms with Crippen LogP contribution in [0.1, 0.15) is 22.6 Å². The van der Waals surface area contributed by atoms with Crippen molar-refractivity contribution in [2.75, 3.05) is 19.3 Å². The molecule has 1 aliphatic rings. The molecule has 1 heterocycles. The number of anilines is 1. The monoisotopic (exact) mass is 414 g/mol. The molecule has 0 amide bonds. The molecule has 21 heavy (non-hydrogen) atoms. The van der Waals surface area contributed by atoms with Crippen molar-refractivity contribution in [1.82, 2.24) is 4.90 Å². The van der Waals surface area contributed by atoms with Gasteiger partial charge in [-0.15, -0.1) is 34.0 Å². The zero-order valence-electron chi connectivity index (χ0n) is 11.8. The van der Waals surface area contributed by atoms with Crippen LogP contribution in [0.2, 0.25) is 0 Å². The third-order valence-electron chi connectivity index (χ3n) is 3.82. The van der Waals surface area contributed by atoms with Gasteiger partial charge in [-0.3, -0.25) is 0 Å². The van der Waals surface area contributed by atoms with Crippen LogP contribution in [0.15, 0.2) is 42.5 Å². The van der Waals surface area contributed by atoms with Crippen molar-refractivity contribution in [1.29, 1.82) is 0 Å². The summed E-state index contributed by atoms with van der Waals surface area (Å²) in [6.07, 6.45) is 0. The Labute approximate surface area is 146 Å². The molecule has 0 fully saturated rings. The number of halogens is 2. The lowest BCUT2D eigenvalue weighted by atomic mass is 9.84. The molecular weight excluding hydrogens is 396 g/mol. The zero-order valence-corrected chi connectivity index (χ0v) is 15.2. The van der Waals surface area contributed by atoms with Crippen LogP contribution in [0.3, 0.4) is 0 Å². The van der Waals surface area contributed by atoms with Crippen LogP contribution in [0, 0.1) is 0 Å². The summed E-state index contributed by atoms with van der Waals surface area (Å²) in [5.41, 5.74) is 10.6. The number of hydrogen-bond acceptors (Lipinski definition) is 3. The first-order valence-electron chi connectivity index (χ1n) is 6.50. The van der Waals surface area contributed by atoms with E-state index in [2.05, 4.69) is 24.1 Å². The Bertz CT molecular complexity index is 619. The van der Waals surface area contributed by atoms with Crippen LogP contribution in [0.25, 0.3) is 0 Å². The highest BCUT2D eigenvalue weighted by Gasteiger charge is 2.25. The van der Waals surface area contributed by atoms with Crippen LogP contribution in [0.5, 0.6) is 5.75 Å². The van der Waals surface area contributed by atoms with E-state index in [0.717, 1.165) is 24.3 Å². The molecule has 1 aliphatic heterocycles. The van der Waals surface area contributed by atoms with Gasteiger partial charge in [-0.05, 0) is 41.9 Å². The van der Waals surface area contributed by atoms with Crippen LogP contribution >= 0.6 is 34.0 Å². The average Bonchev–Trinajstić information content (AvgIpc) is 2.39. The number of nitrogens with two attached hydrogens (primary N) is 1. The second-order valence-corrected chi connectivity index (χ2v) is 5.26. The van der Waals surface area contributed by atoms with Gasteiger partial charge in [-0.25, -0.2) is 0 Å². The summed E-state index contributed by atoms with van der Waals surface area (Å²) >= 11 is 0. The second kappa shape index (κ2) is 7.29. The van der Waals surface area contributed by atoms with E-state index in [4.69, 9.17) is 5.73 Å². The van der Waals surface area contributed by atoms with E-state index >= 15 is 0 Å². The summed E-state index contributed by atoms with van der Waals surface area (Å²) in [6.45, 7) is 1.83. The Morgan fingerprint density at radius 3 is 2.57 bits per heavy atom. The van der Waals surface area contributed by atoms with Gasteiger partial charge in [0.25, 0.3) is 0 Å². The first kappa shape index (κ1) is 18.0. The van der Waals surface area contributed by atoms with E-state index in [9.17, 15) is 5.11 Å². The van der Waals surface area contributed by atoms with Gasteiger partial charge in [-0.2, -0.15) is 0 Å². The number of nitrogen functional groups attached to an aromatic ring is 1. The fourth-order valence-corrected chi connectivity index (χ4v) is 2.90. The van der Waals surface area contributed by atoms with E-state index in [1.54, 1.807) is 6.07 Å². The van der Waals surface area contributed by atoms with Crippen LogP contribution in [-0.2, 0) is 6.54 Å². The molecule has 0 aliphatic carbocycles. The topological polar surface area (TPSA) is 49.5 Å². The summed E-state index contributed by atoms with van der Waals surface area (Å²) in [5.74, 6) is 0.584. The van der Waals surface area contributed by atoms with Gasteiger partial charge >= 0.3 is 0 Å². The van der Waals surface area contributed by atoms with Crippen molar-refractivity contribution in [3.63, 3.8) is 0 Å². The van der Waals surface area contributed by atoms with Gasteiger partial charge in [0.05, 0.1) is 0 Å². The number of aromatic hydroxyl groups is 1. The molecule has 0 spiro atoms. The Morgan fingerprint density at radius 1 is 1.14 bits per heavy atom. The smallest absolute Gasteiger partial charge is 0.115 e. The van der Waals surface area contributed by atoms with E-state index in [-0.39, 0.29) is 39.9 Å². The largest absolute Gasteiger partial charge is 0.508 e. The maximum absolute atomic E-state index is 9.67. The molecule has 0 saturated carbocycles. The van der Waals surface area contributed by atoms with Crippen molar-refractivity contribution < 1.29 is 5.11 Å². The average molecular weight is 416 g/mol. The van der Waals surface area contributed by atoms with Gasteiger partial charge in [0.15, 0.2) is 0 Å². The number of hydrogen-bond donors (Lipinski definition) is 2. The third kappa shape index (κ3) is 3.59. The van der Waals surface area contributed by atoms with Crippen molar-refractivity contribution in [3.05, 3.63) is 59.2 Å². The van der Waals surface area contributed by atoms with Gasteiger partial charge in [0, 0.05) is 24.7 Å². The number of phenolic OH excluding ortho intramolecular Hbond substituents is 1. The molecule has 1 unspecified atom stereocenters. The van der Waals surface area contributed by atoms with Gasteiger partial charge in [0.1, 0.15) is 5.75 Å².